The van der Waals surface area contributed by atoms with Gasteiger partial charge in [-0.05, 0) is 13.0 Å². The number of aliphatic hydroxyl groups is 3. The summed E-state index contributed by atoms with van der Waals surface area (Å²) in [7, 11) is 0. The maximum atomic E-state index is 10.5. The predicted molar refractivity (Wildman–Crippen MR) is 37.2 cm³/mol. The standard InChI is InChI=1S/C6H11NO4/c1-3-5(8)7-4(2)6(9,10)11/h3-4,9-11H,1H2,2H3,(H,7,8). The molecule has 0 heterocycles. The Balaban J connectivity index is 3.97. The number of hydrogen-bond donors (Lipinski definition) is 4. The third-order valence-electron chi connectivity index (χ3n) is 1.13. The number of hydrogen-bond acceptors (Lipinski definition) is 4. The predicted octanol–water partition coefficient (Wildman–Crippen LogP) is -1.69. The lowest BCUT2D eigenvalue weighted by Crippen LogP contribution is -2.50. The molecule has 5 heteroatoms. The minimum absolute atomic E-state index is 0.584. The average molecular weight is 161 g/mol. The first-order chi connectivity index (χ1) is 4.88. The summed E-state index contributed by atoms with van der Waals surface area (Å²) in [6, 6.07) is -1.16. The highest BCUT2D eigenvalue weighted by Crippen LogP contribution is 1.99. The van der Waals surface area contributed by atoms with E-state index in [1.54, 1.807) is 0 Å². The van der Waals surface area contributed by atoms with Gasteiger partial charge < -0.3 is 20.6 Å². The highest BCUT2D eigenvalue weighted by atomic mass is 16.7. The van der Waals surface area contributed by atoms with E-state index < -0.39 is 17.9 Å². The van der Waals surface area contributed by atoms with Gasteiger partial charge in [-0.25, -0.2) is 0 Å². The molecule has 0 radical (unpaired) electrons. The fraction of sp³-hybridized carbons (Fsp3) is 0.500. The molecule has 0 spiro atoms. The van der Waals surface area contributed by atoms with Crippen molar-refractivity contribution in [1.29, 1.82) is 0 Å². The first-order valence-corrected chi connectivity index (χ1v) is 2.98. The zero-order chi connectivity index (χ0) is 9.07. The highest BCUT2D eigenvalue weighted by Gasteiger charge is 2.28. The van der Waals surface area contributed by atoms with Crippen LogP contribution < -0.4 is 5.32 Å². The van der Waals surface area contributed by atoms with Gasteiger partial charge in [0.15, 0.2) is 0 Å². The fourth-order valence-corrected chi connectivity index (χ4v) is 0.369. The van der Waals surface area contributed by atoms with Crippen LogP contribution in [0.3, 0.4) is 0 Å². The molecule has 0 fully saturated rings. The van der Waals surface area contributed by atoms with Crippen LogP contribution in [-0.4, -0.2) is 33.2 Å². The van der Waals surface area contributed by atoms with Crippen molar-refractivity contribution in [3.05, 3.63) is 12.7 Å². The maximum absolute atomic E-state index is 10.5. The van der Waals surface area contributed by atoms with E-state index in [-0.39, 0.29) is 0 Å². The summed E-state index contributed by atoms with van der Waals surface area (Å²) in [5.74, 6) is -3.47. The van der Waals surface area contributed by atoms with Crippen LogP contribution in [0.15, 0.2) is 12.7 Å². The van der Waals surface area contributed by atoms with E-state index in [2.05, 4.69) is 11.9 Å². The van der Waals surface area contributed by atoms with Crippen molar-refractivity contribution in [2.45, 2.75) is 18.9 Å². The van der Waals surface area contributed by atoms with Gasteiger partial charge >= 0.3 is 0 Å². The lowest BCUT2D eigenvalue weighted by atomic mass is 10.3. The van der Waals surface area contributed by atoms with Gasteiger partial charge in [0, 0.05) is 0 Å². The van der Waals surface area contributed by atoms with Crippen molar-refractivity contribution < 1.29 is 20.1 Å². The van der Waals surface area contributed by atoms with Crippen molar-refractivity contribution >= 4 is 5.91 Å². The summed E-state index contributed by atoms with van der Waals surface area (Å²) in [5, 5.41) is 27.5. The van der Waals surface area contributed by atoms with Gasteiger partial charge in [0.05, 0.1) is 0 Å². The van der Waals surface area contributed by atoms with E-state index in [0.29, 0.717) is 0 Å². The zero-order valence-corrected chi connectivity index (χ0v) is 6.11. The quantitative estimate of drug-likeness (QED) is 0.293. The fourth-order valence-electron chi connectivity index (χ4n) is 0.369. The van der Waals surface area contributed by atoms with Crippen molar-refractivity contribution in [2.75, 3.05) is 0 Å². The van der Waals surface area contributed by atoms with E-state index in [1.165, 1.54) is 6.92 Å². The Kier molecular flexibility index (Phi) is 3.18. The van der Waals surface area contributed by atoms with Crippen LogP contribution in [0, 0.1) is 0 Å². The summed E-state index contributed by atoms with van der Waals surface area (Å²) < 4.78 is 0. The van der Waals surface area contributed by atoms with E-state index in [9.17, 15) is 4.79 Å². The largest absolute Gasteiger partial charge is 0.342 e. The SMILES string of the molecule is C=CC(=O)NC(C)C(O)(O)O. The smallest absolute Gasteiger partial charge is 0.296 e. The summed E-state index contributed by atoms with van der Waals surface area (Å²) >= 11 is 0. The molecule has 0 rings (SSSR count). The lowest BCUT2D eigenvalue weighted by Gasteiger charge is -2.22. The number of nitrogens with one attached hydrogen (secondary N) is 1. The molecule has 0 saturated heterocycles. The van der Waals surface area contributed by atoms with Gasteiger partial charge in [-0.15, -0.1) is 0 Å². The lowest BCUT2D eigenvalue weighted by molar-refractivity contribution is -0.323. The van der Waals surface area contributed by atoms with Gasteiger partial charge in [-0.2, -0.15) is 0 Å². The molecule has 0 aliphatic heterocycles. The number of carbonyl (C=O) groups excluding carboxylic acids is 1. The van der Waals surface area contributed by atoms with Crippen molar-refractivity contribution in [1.82, 2.24) is 5.32 Å². The molecule has 64 valence electrons. The van der Waals surface area contributed by atoms with Crippen LogP contribution in [0.4, 0.5) is 0 Å². The molecule has 0 bridgehead atoms. The van der Waals surface area contributed by atoms with Crippen LogP contribution in [0.2, 0.25) is 0 Å². The first-order valence-electron chi connectivity index (χ1n) is 2.98. The first kappa shape index (κ1) is 10.1. The van der Waals surface area contributed by atoms with E-state index >= 15 is 0 Å². The van der Waals surface area contributed by atoms with Gasteiger partial charge in [-0.3, -0.25) is 4.79 Å². The third kappa shape index (κ3) is 3.72. The second kappa shape index (κ2) is 3.47. The van der Waals surface area contributed by atoms with Crippen LogP contribution in [-0.2, 0) is 4.79 Å². The molecule has 0 saturated carbocycles. The molecule has 4 N–H and O–H groups in total. The average Bonchev–Trinajstić information content (AvgIpc) is 1.85. The minimum Gasteiger partial charge on any atom is -0.342 e. The van der Waals surface area contributed by atoms with Crippen LogP contribution in [0.25, 0.3) is 0 Å². The molecular formula is C6H11NO4. The van der Waals surface area contributed by atoms with Gasteiger partial charge in [0.2, 0.25) is 5.91 Å². The number of amides is 1. The maximum Gasteiger partial charge on any atom is 0.296 e. The second-order valence-electron chi connectivity index (χ2n) is 2.12. The molecule has 1 unspecified atom stereocenters. The Morgan fingerprint density at radius 1 is 1.64 bits per heavy atom. The Labute approximate surface area is 64.0 Å². The summed E-state index contributed by atoms with van der Waals surface area (Å²) in [4.78, 5) is 10.5. The normalized spacial score (nSPS) is 13.8. The summed E-state index contributed by atoms with van der Waals surface area (Å²) in [6.45, 7) is 4.38. The number of rotatable bonds is 3. The van der Waals surface area contributed by atoms with E-state index in [4.69, 9.17) is 15.3 Å². The molecule has 1 atom stereocenters. The molecule has 0 aromatic heterocycles. The Morgan fingerprint density at radius 2 is 2.09 bits per heavy atom. The molecule has 5 nitrogen and oxygen atoms in total. The molecular weight excluding hydrogens is 150 g/mol. The van der Waals surface area contributed by atoms with Crippen LogP contribution >= 0.6 is 0 Å². The molecule has 11 heavy (non-hydrogen) atoms. The molecule has 0 aromatic carbocycles. The van der Waals surface area contributed by atoms with Gasteiger partial charge in [0.1, 0.15) is 6.04 Å². The van der Waals surface area contributed by atoms with Crippen molar-refractivity contribution in [3.63, 3.8) is 0 Å². The topological polar surface area (TPSA) is 89.8 Å². The zero-order valence-electron chi connectivity index (χ0n) is 6.11. The second-order valence-corrected chi connectivity index (χ2v) is 2.12. The van der Waals surface area contributed by atoms with Crippen LogP contribution in [0.5, 0.6) is 0 Å². The van der Waals surface area contributed by atoms with E-state index in [1.807, 2.05) is 0 Å². The third-order valence-corrected chi connectivity index (χ3v) is 1.13. The van der Waals surface area contributed by atoms with Crippen molar-refractivity contribution in [2.24, 2.45) is 0 Å². The minimum atomic E-state index is -2.89. The molecule has 0 aliphatic rings. The monoisotopic (exact) mass is 161 g/mol. The highest BCUT2D eigenvalue weighted by molar-refractivity contribution is 5.87. The Bertz CT molecular complexity index is 160. The molecule has 0 aromatic rings. The Hall–Kier alpha value is -0.910. The summed E-state index contributed by atoms with van der Waals surface area (Å²) in [6.07, 6.45) is 0.961. The number of carbonyl (C=O) groups is 1. The molecule has 1 amide bonds. The molecule has 0 aliphatic carbocycles. The summed E-state index contributed by atoms with van der Waals surface area (Å²) in [5.41, 5.74) is 0. The van der Waals surface area contributed by atoms with Crippen LogP contribution in [0.1, 0.15) is 6.92 Å². The van der Waals surface area contributed by atoms with E-state index in [0.717, 1.165) is 6.08 Å². The van der Waals surface area contributed by atoms with Gasteiger partial charge in [-0.1, -0.05) is 6.58 Å². The van der Waals surface area contributed by atoms with Gasteiger partial charge in [0.25, 0.3) is 5.97 Å². The Morgan fingerprint density at radius 3 is 2.36 bits per heavy atom. The van der Waals surface area contributed by atoms with Crippen molar-refractivity contribution in [3.8, 4) is 0 Å².